The van der Waals surface area contributed by atoms with E-state index in [1.807, 2.05) is 48.5 Å². The summed E-state index contributed by atoms with van der Waals surface area (Å²) in [5.41, 5.74) is 7.73. The van der Waals surface area contributed by atoms with Crippen LogP contribution in [0.2, 0.25) is 0 Å². The molecule has 0 saturated carbocycles. The van der Waals surface area contributed by atoms with Crippen molar-refractivity contribution in [3.8, 4) is 5.75 Å². The minimum atomic E-state index is -0.760. The molecule has 188 valence electrons. The normalized spacial score (nSPS) is 15.9. The van der Waals surface area contributed by atoms with Crippen molar-refractivity contribution in [1.82, 2.24) is 20.5 Å². The monoisotopic (exact) mass is 489 g/mol. The zero-order valence-electron chi connectivity index (χ0n) is 20.5. The number of pyridine rings is 1. The number of benzene rings is 2. The van der Waals surface area contributed by atoms with E-state index in [2.05, 4.69) is 15.6 Å². The smallest absolute Gasteiger partial charge is 0.246 e. The van der Waals surface area contributed by atoms with Crippen LogP contribution in [0.4, 0.5) is 5.82 Å². The summed E-state index contributed by atoms with van der Waals surface area (Å²) in [6.45, 7) is 2.18. The highest BCUT2D eigenvalue weighted by Gasteiger charge is 2.37. The van der Waals surface area contributed by atoms with Crippen LogP contribution < -0.4 is 21.1 Å². The molecule has 4 N–H and O–H groups in total. The van der Waals surface area contributed by atoms with Gasteiger partial charge in [-0.25, -0.2) is 4.98 Å². The van der Waals surface area contributed by atoms with Crippen LogP contribution in [0.25, 0.3) is 10.8 Å². The maximum Gasteiger partial charge on any atom is 0.246 e. The fraction of sp³-hybridized carbons (Fsp3) is 0.333. The van der Waals surface area contributed by atoms with Gasteiger partial charge < -0.3 is 26.0 Å². The highest BCUT2D eigenvalue weighted by atomic mass is 16.5. The number of methoxy groups -OCH3 is 1. The van der Waals surface area contributed by atoms with Gasteiger partial charge >= 0.3 is 0 Å². The molecule has 0 radical (unpaired) electrons. The van der Waals surface area contributed by atoms with Crippen molar-refractivity contribution >= 4 is 34.3 Å². The molecule has 0 bridgehead atoms. The summed E-state index contributed by atoms with van der Waals surface area (Å²) in [6.07, 6.45) is 3.27. The molecule has 9 heteroatoms. The number of carbonyl (C=O) groups excluding carboxylic acids is 3. The lowest BCUT2D eigenvalue weighted by Crippen LogP contribution is -2.53. The molecule has 3 amide bonds. The number of nitrogens with zero attached hydrogens (tertiary/aromatic N) is 2. The van der Waals surface area contributed by atoms with Crippen LogP contribution in [0.1, 0.15) is 30.9 Å². The second kappa shape index (κ2) is 11.1. The number of anilines is 1. The van der Waals surface area contributed by atoms with E-state index in [1.165, 1.54) is 6.92 Å². The Morgan fingerprint density at radius 2 is 1.89 bits per heavy atom. The van der Waals surface area contributed by atoms with Crippen LogP contribution >= 0.6 is 0 Å². The number of hydrogen-bond acceptors (Lipinski definition) is 6. The molecule has 3 aromatic rings. The Hall–Kier alpha value is -4.14. The molecule has 1 aromatic heterocycles. The van der Waals surface area contributed by atoms with Gasteiger partial charge in [-0.1, -0.05) is 24.3 Å². The lowest BCUT2D eigenvalue weighted by Gasteiger charge is -2.28. The van der Waals surface area contributed by atoms with E-state index in [0.29, 0.717) is 37.5 Å². The van der Waals surface area contributed by atoms with Gasteiger partial charge in [-0.3, -0.25) is 14.4 Å². The van der Waals surface area contributed by atoms with E-state index in [-0.39, 0.29) is 17.7 Å². The molecule has 0 unspecified atom stereocenters. The van der Waals surface area contributed by atoms with Crippen molar-refractivity contribution in [3.05, 3.63) is 65.9 Å². The zero-order valence-corrected chi connectivity index (χ0v) is 20.5. The van der Waals surface area contributed by atoms with E-state index in [9.17, 15) is 14.4 Å². The van der Waals surface area contributed by atoms with Crippen LogP contribution in [0.3, 0.4) is 0 Å². The van der Waals surface area contributed by atoms with Crippen molar-refractivity contribution in [2.75, 3.05) is 19.4 Å². The molecule has 0 spiro atoms. The third-order valence-corrected chi connectivity index (χ3v) is 6.44. The van der Waals surface area contributed by atoms with Crippen molar-refractivity contribution in [1.29, 1.82) is 0 Å². The molecule has 1 aliphatic rings. The average molecular weight is 490 g/mol. The van der Waals surface area contributed by atoms with Crippen LogP contribution in [-0.4, -0.2) is 53.3 Å². The third-order valence-electron chi connectivity index (χ3n) is 6.44. The SMILES string of the molecule is COc1ccc(C[C@@H](NC(C)=O)C(=O)N2CCC[C@H]2C(=O)NCc2ccc3c(N)nccc3c2)cc1. The Labute approximate surface area is 210 Å². The van der Waals surface area contributed by atoms with E-state index in [1.54, 1.807) is 18.2 Å². The van der Waals surface area contributed by atoms with Gasteiger partial charge in [-0.15, -0.1) is 0 Å². The standard InChI is InChI=1S/C27H31N5O4/c1-17(33)31-23(15-18-5-8-21(36-2)9-6-18)27(35)32-13-3-4-24(32)26(34)30-16-19-7-10-22-20(14-19)11-12-29-25(22)28/h5-12,14,23-24H,3-4,13,15-16H2,1-2H3,(H2,28,29)(H,30,34)(H,31,33)/t23-,24+/m1/s1. The number of aromatic nitrogens is 1. The molecule has 2 aromatic carbocycles. The molecule has 2 heterocycles. The summed E-state index contributed by atoms with van der Waals surface area (Å²) < 4.78 is 5.19. The Morgan fingerprint density at radius 3 is 2.61 bits per heavy atom. The van der Waals surface area contributed by atoms with Gasteiger partial charge in [0.15, 0.2) is 0 Å². The van der Waals surface area contributed by atoms with Crippen molar-refractivity contribution < 1.29 is 19.1 Å². The number of amides is 3. The minimum Gasteiger partial charge on any atom is -0.497 e. The first kappa shape index (κ1) is 25.0. The lowest BCUT2D eigenvalue weighted by atomic mass is 10.0. The number of nitrogen functional groups attached to an aromatic ring is 1. The molecule has 0 aliphatic carbocycles. The Bertz CT molecular complexity index is 1260. The highest BCUT2D eigenvalue weighted by Crippen LogP contribution is 2.22. The van der Waals surface area contributed by atoms with Crippen molar-refractivity contribution in [3.63, 3.8) is 0 Å². The van der Waals surface area contributed by atoms with E-state index in [0.717, 1.165) is 28.3 Å². The van der Waals surface area contributed by atoms with Gasteiger partial charge in [0.25, 0.3) is 0 Å². The first-order valence-corrected chi connectivity index (χ1v) is 12.0. The quantitative estimate of drug-likeness (QED) is 0.445. The molecular weight excluding hydrogens is 458 g/mol. The lowest BCUT2D eigenvalue weighted by molar-refractivity contribution is -0.141. The molecule has 9 nitrogen and oxygen atoms in total. The van der Waals surface area contributed by atoms with Crippen LogP contribution in [-0.2, 0) is 27.3 Å². The molecule has 1 aliphatic heterocycles. The van der Waals surface area contributed by atoms with Gasteiger partial charge in [0.2, 0.25) is 17.7 Å². The summed E-state index contributed by atoms with van der Waals surface area (Å²) in [6, 6.07) is 13.6. The number of rotatable bonds is 8. The van der Waals surface area contributed by atoms with Crippen molar-refractivity contribution in [2.24, 2.45) is 0 Å². The number of nitrogens with one attached hydrogen (secondary N) is 2. The second-order valence-electron chi connectivity index (χ2n) is 8.96. The fourth-order valence-electron chi connectivity index (χ4n) is 4.61. The second-order valence-corrected chi connectivity index (χ2v) is 8.96. The molecule has 4 rings (SSSR count). The summed E-state index contributed by atoms with van der Waals surface area (Å²) in [7, 11) is 1.59. The highest BCUT2D eigenvalue weighted by molar-refractivity contribution is 5.93. The minimum absolute atomic E-state index is 0.207. The Morgan fingerprint density at radius 1 is 1.14 bits per heavy atom. The number of fused-ring (bicyclic) bond motifs is 1. The topological polar surface area (TPSA) is 127 Å². The molecule has 1 saturated heterocycles. The average Bonchev–Trinajstić information content (AvgIpc) is 3.37. The zero-order chi connectivity index (χ0) is 25.7. The van der Waals surface area contributed by atoms with Gasteiger partial charge in [0.05, 0.1) is 7.11 Å². The summed E-state index contributed by atoms with van der Waals surface area (Å²) in [5, 5.41) is 7.54. The Kier molecular flexibility index (Phi) is 7.68. The number of carbonyl (C=O) groups is 3. The van der Waals surface area contributed by atoms with Gasteiger partial charge in [0.1, 0.15) is 23.7 Å². The predicted octanol–water partition coefficient (Wildman–Crippen LogP) is 2.18. The van der Waals surface area contributed by atoms with Crippen LogP contribution in [0.5, 0.6) is 5.75 Å². The van der Waals surface area contributed by atoms with E-state index < -0.39 is 12.1 Å². The van der Waals surface area contributed by atoms with E-state index >= 15 is 0 Å². The number of ether oxygens (including phenoxy) is 1. The maximum absolute atomic E-state index is 13.5. The largest absolute Gasteiger partial charge is 0.497 e. The Balaban J connectivity index is 1.43. The molecular formula is C27H31N5O4. The van der Waals surface area contributed by atoms with Crippen molar-refractivity contribution in [2.45, 2.75) is 44.8 Å². The first-order valence-electron chi connectivity index (χ1n) is 12.0. The van der Waals surface area contributed by atoms with Gasteiger partial charge in [-0.05, 0) is 53.6 Å². The number of hydrogen-bond donors (Lipinski definition) is 3. The van der Waals surface area contributed by atoms with Crippen LogP contribution in [0.15, 0.2) is 54.7 Å². The summed E-state index contributed by atoms with van der Waals surface area (Å²) in [4.78, 5) is 44.1. The van der Waals surface area contributed by atoms with Crippen LogP contribution in [0, 0.1) is 0 Å². The number of likely N-dealkylation sites (tertiary alicyclic amines) is 1. The first-order chi connectivity index (χ1) is 17.4. The van der Waals surface area contributed by atoms with E-state index in [4.69, 9.17) is 10.5 Å². The van der Waals surface area contributed by atoms with Gasteiger partial charge in [0, 0.05) is 38.0 Å². The summed E-state index contributed by atoms with van der Waals surface area (Å²) in [5.74, 6) is 0.415. The predicted molar refractivity (Wildman–Crippen MR) is 137 cm³/mol. The summed E-state index contributed by atoms with van der Waals surface area (Å²) >= 11 is 0. The van der Waals surface area contributed by atoms with Gasteiger partial charge in [-0.2, -0.15) is 0 Å². The fourth-order valence-corrected chi connectivity index (χ4v) is 4.61. The maximum atomic E-state index is 13.5. The molecule has 1 fully saturated rings. The molecule has 2 atom stereocenters. The number of nitrogens with two attached hydrogens (primary N) is 1. The third kappa shape index (κ3) is 5.73. The molecule has 36 heavy (non-hydrogen) atoms.